The van der Waals surface area contributed by atoms with Gasteiger partial charge in [0.15, 0.2) is 5.96 Å². The zero-order valence-electron chi connectivity index (χ0n) is 15.1. The van der Waals surface area contributed by atoms with Crippen molar-refractivity contribution in [3.63, 3.8) is 0 Å². The standard InChI is InChI=1S/C20H24N4S2/c1-15(11-18-9-6-10-25-18)12-22-20(21-2)23-13-17-14-26-19(24-17)16-7-4-3-5-8-16/h3-10,14-15H,11-13H2,1-2H3,(H2,21,22,23). The summed E-state index contributed by atoms with van der Waals surface area (Å²) in [4.78, 5) is 10.4. The zero-order valence-corrected chi connectivity index (χ0v) is 16.7. The van der Waals surface area contributed by atoms with Crippen molar-refractivity contribution in [2.75, 3.05) is 13.6 Å². The minimum atomic E-state index is 0.552. The summed E-state index contributed by atoms with van der Waals surface area (Å²) < 4.78 is 0. The van der Waals surface area contributed by atoms with Gasteiger partial charge in [-0.1, -0.05) is 43.3 Å². The first-order chi connectivity index (χ1) is 12.7. The van der Waals surface area contributed by atoms with Crippen LogP contribution in [0.2, 0.25) is 0 Å². The van der Waals surface area contributed by atoms with Gasteiger partial charge in [-0.2, -0.15) is 0 Å². The number of thiophene rings is 1. The second-order valence-corrected chi connectivity index (χ2v) is 8.10. The number of aromatic nitrogens is 1. The smallest absolute Gasteiger partial charge is 0.191 e. The first kappa shape index (κ1) is 18.6. The Labute approximate surface area is 163 Å². The molecule has 0 aliphatic carbocycles. The molecule has 4 nitrogen and oxygen atoms in total. The zero-order chi connectivity index (χ0) is 18.2. The molecule has 0 aliphatic rings. The van der Waals surface area contributed by atoms with Crippen LogP contribution in [0.3, 0.4) is 0 Å². The van der Waals surface area contributed by atoms with Crippen molar-refractivity contribution < 1.29 is 0 Å². The van der Waals surface area contributed by atoms with E-state index < -0.39 is 0 Å². The number of benzene rings is 1. The molecule has 0 radical (unpaired) electrons. The van der Waals surface area contributed by atoms with Crippen LogP contribution < -0.4 is 10.6 Å². The number of guanidine groups is 1. The lowest BCUT2D eigenvalue weighted by Crippen LogP contribution is -2.39. The number of hydrogen-bond acceptors (Lipinski definition) is 4. The van der Waals surface area contributed by atoms with E-state index >= 15 is 0 Å². The first-order valence-corrected chi connectivity index (χ1v) is 10.5. The van der Waals surface area contributed by atoms with Gasteiger partial charge in [0, 0.05) is 29.4 Å². The van der Waals surface area contributed by atoms with E-state index in [-0.39, 0.29) is 0 Å². The van der Waals surface area contributed by atoms with Gasteiger partial charge < -0.3 is 10.6 Å². The third kappa shape index (κ3) is 5.41. The molecule has 6 heteroatoms. The third-order valence-electron chi connectivity index (χ3n) is 3.98. The van der Waals surface area contributed by atoms with Crippen LogP contribution in [0, 0.1) is 5.92 Å². The Kier molecular flexibility index (Phi) is 6.80. The lowest BCUT2D eigenvalue weighted by molar-refractivity contribution is 0.562. The van der Waals surface area contributed by atoms with Crippen molar-refractivity contribution >= 4 is 28.6 Å². The van der Waals surface area contributed by atoms with E-state index in [2.05, 4.69) is 57.6 Å². The molecule has 0 amide bonds. The molecule has 2 heterocycles. The van der Waals surface area contributed by atoms with E-state index in [1.54, 1.807) is 18.4 Å². The Balaban J connectivity index is 1.46. The molecule has 1 unspecified atom stereocenters. The normalized spacial score (nSPS) is 12.8. The maximum Gasteiger partial charge on any atom is 0.191 e. The molecule has 1 aromatic carbocycles. The molecule has 2 aromatic heterocycles. The van der Waals surface area contributed by atoms with Crippen LogP contribution in [0.1, 0.15) is 17.5 Å². The van der Waals surface area contributed by atoms with Gasteiger partial charge in [0.25, 0.3) is 0 Å². The van der Waals surface area contributed by atoms with Crippen molar-refractivity contribution in [3.05, 3.63) is 63.8 Å². The fourth-order valence-corrected chi connectivity index (χ4v) is 4.31. The molecule has 136 valence electrons. The van der Waals surface area contributed by atoms with Crippen LogP contribution in [0.4, 0.5) is 0 Å². The highest BCUT2D eigenvalue weighted by molar-refractivity contribution is 7.13. The van der Waals surface area contributed by atoms with E-state index in [1.807, 2.05) is 29.5 Å². The summed E-state index contributed by atoms with van der Waals surface area (Å²) in [6.07, 6.45) is 1.09. The van der Waals surface area contributed by atoms with Gasteiger partial charge >= 0.3 is 0 Å². The average Bonchev–Trinajstić information content (AvgIpc) is 3.34. The summed E-state index contributed by atoms with van der Waals surface area (Å²) in [7, 11) is 1.80. The summed E-state index contributed by atoms with van der Waals surface area (Å²) in [5.74, 6) is 1.37. The Morgan fingerprint density at radius 2 is 1.96 bits per heavy atom. The molecule has 3 rings (SSSR count). The van der Waals surface area contributed by atoms with E-state index in [0.717, 1.165) is 35.2 Å². The van der Waals surface area contributed by atoms with E-state index in [9.17, 15) is 0 Å². The molecule has 0 saturated heterocycles. The molecular formula is C20H24N4S2. The number of aliphatic imine (C=N–C) groups is 1. The fourth-order valence-electron chi connectivity index (χ4n) is 2.61. The topological polar surface area (TPSA) is 49.3 Å². The van der Waals surface area contributed by atoms with Crippen molar-refractivity contribution in [2.24, 2.45) is 10.9 Å². The largest absolute Gasteiger partial charge is 0.356 e. The van der Waals surface area contributed by atoms with Crippen LogP contribution in [-0.2, 0) is 13.0 Å². The average molecular weight is 385 g/mol. The molecule has 0 fully saturated rings. The molecule has 2 N–H and O–H groups in total. The number of nitrogens with one attached hydrogen (secondary N) is 2. The molecule has 0 aliphatic heterocycles. The highest BCUT2D eigenvalue weighted by Gasteiger charge is 2.08. The van der Waals surface area contributed by atoms with Crippen molar-refractivity contribution in [1.29, 1.82) is 0 Å². The highest BCUT2D eigenvalue weighted by Crippen LogP contribution is 2.23. The second kappa shape index (κ2) is 9.50. The lowest BCUT2D eigenvalue weighted by atomic mass is 10.1. The molecule has 1 atom stereocenters. The number of rotatable bonds is 7. The Bertz CT molecular complexity index is 809. The predicted octanol–water partition coefficient (Wildman–Crippen LogP) is 4.42. The number of thiazole rings is 1. The molecular weight excluding hydrogens is 360 g/mol. The van der Waals surface area contributed by atoms with Gasteiger partial charge in [-0.25, -0.2) is 4.98 Å². The predicted molar refractivity (Wildman–Crippen MR) is 113 cm³/mol. The Hall–Kier alpha value is -2.18. The highest BCUT2D eigenvalue weighted by atomic mass is 32.1. The van der Waals surface area contributed by atoms with Crippen molar-refractivity contribution in [2.45, 2.75) is 19.9 Å². The SMILES string of the molecule is CN=C(NCc1csc(-c2ccccc2)n1)NCC(C)Cc1cccs1. The van der Waals surface area contributed by atoms with Gasteiger partial charge in [0.1, 0.15) is 5.01 Å². The molecule has 0 saturated carbocycles. The monoisotopic (exact) mass is 384 g/mol. The number of nitrogens with zero attached hydrogens (tertiary/aromatic N) is 2. The second-order valence-electron chi connectivity index (χ2n) is 6.21. The summed E-state index contributed by atoms with van der Waals surface area (Å²) in [6, 6.07) is 14.6. The van der Waals surface area contributed by atoms with Gasteiger partial charge in [-0.05, 0) is 23.8 Å². The van der Waals surface area contributed by atoms with E-state index in [4.69, 9.17) is 4.98 Å². The minimum absolute atomic E-state index is 0.552. The first-order valence-electron chi connectivity index (χ1n) is 8.71. The molecule has 3 aromatic rings. The molecule has 0 bridgehead atoms. The Morgan fingerprint density at radius 3 is 2.69 bits per heavy atom. The van der Waals surface area contributed by atoms with Crippen LogP contribution in [-0.4, -0.2) is 24.5 Å². The van der Waals surface area contributed by atoms with Crippen LogP contribution >= 0.6 is 22.7 Å². The van der Waals surface area contributed by atoms with E-state index in [1.165, 1.54) is 4.88 Å². The summed E-state index contributed by atoms with van der Waals surface area (Å²) in [5.41, 5.74) is 2.19. The maximum absolute atomic E-state index is 4.71. The summed E-state index contributed by atoms with van der Waals surface area (Å²) >= 11 is 3.49. The van der Waals surface area contributed by atoms with Crippen LogP contribution in [0.25, 0.3) is 10.6 Å². The van der Waals surface area contributed by atoms with Gasteiger partial charge in [0.2, 0.25) is 0 Å². The van der Waals surface area contributed by atoms with Gasteiger partial charge in [-0.15, -0.1) is 22.7 Å². The van der Waals surface area contributed by atoms with Gasteiger partial charge in [0.05, 0.1) is 12.2 Å². The minimum Gasteiger partial charge on any atom is -0.356 e. The lowest BCUT2D eigenvalue weighted by Gasteiger charge is -2.15. The fraction of sp³-hybridized carbons (Fsp3) is 0.300. The summed E-state index contributed by atoms with van der Waals surface area (Å²) in [5, 5.41) is 12.0. The maximum atomic E-state index is 4.71. The molecule has 0 spiro atoms. The van der Waals surface area contributed by atoms with Crippen LogP contribution in [0.5, 0.6) is 0 Å². The molecule has 26 heavy (non-hydrogen) atoms. The Morgan fingerprint density at radius 1 is 1.12 bits per heavy atom. The third-order valence-corrected chi connectivity index (χ3v) is 5.82. The van der Waals surface area contributed by atoms with Crippen molar-refractivity contribution in [1.82, 2.24) is 15.6 Å². The van der Waals surface area contributed by atoms with Gasteiger partial charge in [-0.3, -0.25) is 4.99 Å². The van der Waals surface area contributed by atoms with Crippen molar-refractivity contribution in [3.8, 4) is 10.6 Å². The summed E-state index contributed by atoms with van der Waals surface area (Å²) in [6.45, 7) is 3.82. The quantitative estimate of drug-likeness (QED) is 0.468. The number of hydrogen-bond donors (Lipinski definition) is 2. The van der Waals surface area contributed by atoms with E-state index in [0.29, 0.717) is 12.5 Å². The van der Waals surface area contributed by atoms with Crippen LogP contribution in [0.15, 0.2) is 58.2 Å².